The third-order valence-electron chi connectivity index (χ3n) is 4.40. The topological polar surface area (TPSA) is 76.4 Å². The largest absolute Gasteiger partial charge is 0.466 e. The molecular weight excluding hydrogens is 246 g/mol. The van der Waals surface area contributed by atoms with Gasteiger partial charge in [-0.1, -0.05) is 12.2 Å². The lowest BCUT2D eigenvalue weighted by atomic mass is 9.71. The maximum absolute atomic E-state index is 11.9. The van der Waals surface area contributed by atoms with Gasteiger partial charge in [-0.3, -0.25) is 0 Å². The second-order valence-electron chi connectivity index (χ2n) is 5.06. The van der Waals surface area contributed by atoms with Crippen molar-refractivity contribution in [2.24, 2.45) is 29.6 Å². The van der Waals surface area contributed by atoms with Crippen LogP contribution in [0.1, 0.15) is 0 Å². The summed E-state index contributed by atoms with van der Waals surface area (Å²) in [5.74, 6) is -1.19. The van der Waals surface area contributed by atoms with E-state index in [1.165, 1.54) is 14.2 Å². The molecule has 1 saturated carbocycles. The molecule has 4 aliphatic carbocycles. The molecule has 0 N–H and O–H groups in total. The van der Waals surface area contributed by atoms with Crippen LogP contribution < -0.4 is 0 Å². The monoisotopic (exact) mass is 259 g/mol. The Labute approximate surface area is 110 Å². The van der Waals surface area contributed by atoms with Gasteiger partial charge in [-0.2, -0.15) is 5.26 Å². The predicted molar refractivity (Wildman–Crippen MR) is 63.3 cm³/mol. The number of carbonyl (C=O) groups is 2. The molecule has 5 nitrogen and oxygen atoms in total. The molecule has 4 rings (SSSR count). The number of carbonyl (C=O) groups excluding carboxylic acids is 2. The van der Waals surface area contributed by atoms with Crippen LogP contribution in [0.3, 0.4) is 0 Å². The van der Waals surface area contributed by atoms with Crippen molar-refractivity contribution in [3.8, 4) is 6.07 Å². The summed E-state index contributed by atoms with van der Waals surface area (Å²) in [4.78, 5) is 23.9. The lowest BCUT2D eigenvalue weighted by molar-refractivity contribution is -0.140. The molecule has 0 heterocycles. The van der Waals surface area contributed by atoms with Gasteiger partial charge in [0, 0.05) is 11.8 Å². The number of hydrogen-bond donors (Lipinski definition) is 0. The number of nitrogens with zero attached hydrogens (tertiary/aromatic N) is 1. The predicted octanol–water partition coefficient (Wildman–Crippen LogP) is 0.831. The molecule has 1 unspecified atom stereocenters. The van der Waals surface area contributed by atoms with Crippen molar-refractivity contribution in [1.29, 1.82) is 5.26 Å². The molecular formula is C14H13NO4. The molecule has 4 aliphatic rings. The summed E-state index contributed by atoms with van der Waals surface area (Å²) in [6.07, 6.45) is 3.84. The number of nitriles is 1. The van der Waals surface area contributed by atoms with Crippen LogP contribution in [0.5, 0.6) is 0 Å². The minimum atomic E-state index is -0.498. The van der Waals surface area contributed by atoms with Crippen LogP contribution in [0.2, 0.25) is 0 Å². The van der Waals surface area contributed by atoms with Gasteiger partial charge in [0.05, 0.1) is 37.4 Å². The van der Waals surface area contributed by atoms with Crippen molar-refractivity contribution in [2.75, 3.05) is 14.2 Å². The third kappa shape index (κ3) is 1.40. The van der Waals surface area contributed by atoms with E-state index in [-0.39, 0.29) is 29.6 Å². The Kier molecular flexibility index (Phi) is 2.49. The quantitative estimate of drug-likeness (QED) is 0.542. The first-order valence-corrected chi connectivity index (χ1v) is 6.14. The van der Waals surface area contributed by atoms with E-state index in [9.17, 15) is 9.59 Å². The Morgan fingerprint density at radius 1 is 1.05 bits per heavy atom. The van der Waals surface area contributed by atoms with E-state index in [0.29, 0.717) is 11.1 Å². The van der Waals surface area contributed by atoms with E-state index in [4.69, 9.17) is 14.7 Å². The highest BCUT2D eigenvalue weighted by atomic mass is 16.5. The average molecular weight is 259 g/mol. The van der Waals surface area contributed by atoms with Gasteiger partial charge in [-0.15, -0.1) is 0 Å². The first kappa shape index (κ1) is 12.0. The van der Waals surface area contributed by atoms with E-state index in [1.54, 1.807) is 0 Å². The summed E-state index contributed by atoms with van der Waals surface area (Å²) < 4.78 is 9.56. The Balaban J connectivity index is 2.09. The van der Waals surface area contributed by atoms with Crippen molar-refractivity contribution < 1.29 is 19.1 Å². The molecule has 0 aromatic rings. The highest BCUT2D eigenvalue weighted by Gasteiger charge is 2.65. The Bertz CT molecular complexity index is 526. The van der Waals surface area contributed by atoms with Crippen molar-refractivity contribution >= 4 is 11.9 Å². The summed E-state index contributed by atoms with van der Waals surface area (Å²) in [6.45, 7) is 0. The number of ether oxygens (including phenoxy) is 2. The SMILES string of the molecule is COC(=O)C1=C(C(=O)OC)[C@@H]2C=C[C@H]1[C@@H]1C(C#N)[C@@H]12. The summed E-state index contributed by atoms with van der Waals surface area (Å²) in [5, 5.41) is 9.14. The van der Waals surface area contributed by atoms with Crippen LogP contribution in [0, 0.1) is 40.9 Å². The van der Waals surface area contributed by atoms with Crippen LogP contribution in [-0.2, 0) is 19.1 Å². The van der Waals surface area contributed by atoms with Gasteiger partial charge in [-0.25, -0.2) is 9.59 Å². The summed E-state index contributed by atoms with van der Waals surface area (Å²) in [6, 6.07) is 2.27. The number of esters is 2. The van der Waals surface area contributed by atoms with Crippen LogP contribution in [0.15, 0.2) is 23.3 Å². The second kappa shape index (κ2) is 3.95. The van der Waals surface area contributed by atoms with Gasteiger partial charge in [0.25, 0.3) is 0 Å². The van der Waals surface area contributed by atoms with Gasteiger partial charge < -0.3 is 9.47 Å². The zero-order chi connectivity index (χ0) is 13.7. The van der Waals surface area contributed by atoms with E-state index >= 15 is 0 Å². The summed E-state index contributed by atoms with van der Waals surface area (Å²) >= 11 is 0. The molecule has 0 aromatic heterocycles. The van der Waals surface area contributed by atoms with Crippen molar-refractivity contribution in [3.63, 3.8) is 0 Å². The fraction of sp³-hybridized carbons (Fsp3) is 0.500. The molecule has 0 aliphatic heterocycles. The molecule has 0 radical (unpaired) electrons. The molecule has 0 aromatic carbocycles. The molecule has 1 fully saturated rings. The summed E-state index contributed by atoms with van der Waals surface area (Å²) in [5.41, 5.74) is 0.752. The minimum absolute atomic E-state index is 0.0909. The standard InChI is InChI=1S/C14H13NO4/c1-18-13(16)11-6-3-4-7(12(11)14(17)19-2)10-8(5-15)9(6)10/h3-4,6-10H,1-2H3/t6-,7+,8?,9+,10-. The second-order valence-corrected chi connectivity index (χ2v) is 5.06. The summed E-state index contributed by atoms with van der Waals surface area (Å²) in [7, 11) is 2.59. The molecule has 0 spiro atoms. The first-order chi connectivity index (χ1) is 9.15. The normalized spacial score (nSPS) is 37.4. The van der Waals surface area contributed by atoms with E-state index in [2.05, 4.69) is 6.07 Å². The maximum Gasteiger partial charge on any atom is 0.334 e. The fourth-order valence-corrected chi connectivity index (χ4v) is 3.60. The van der Waals surface area contributed by atoms with Gasteiger partial charge >= 0.3 is 11.9 Å². The molecule has 2 bridgehead atoms. The van der Waals surface area contributed by atoms with Crippen LogP contribution in [-0.4, -0.2) is 26.2 Å². The van der Waals surface area contributed by atoms with Crippen LogP contribution in [0.25, 0.3) is 0 Å². The first-order valence-electron chi connectivity index (χ1n) is 6.14. The van der Waals surface area contributed by atoms with Crippen LogP contribution >= 0.6 is 0 Å². The number of allylic oxidation sites excluding steroid dienone is 2. The molecule has 5 atom stereocenters. The molecule has 5 heteroatoms. The van der Waals surface area contributed by atoms with Gasteiger partial charge in [0.15, 0.2) is 0 Å². The fourth-order valence-electron chi connectivity index (χ4n) is 3.60. The molecule has 0 saturated heterocycles. The van der Waals surface area contributed by atoms with Gasteiger partial charge in [-0.05, 0) is 11.8 Å². The van der Waals surface area contributed by atoms with Crippen molar-refractivity contribution in [3.05, 3.63) is 23.3 Å². The highest BCUT2D eigenvalue weighted by Crippen LogP contribution is 2.65. The Morgan fingerprint density at radius 3 is 1.79 bits per heavy atom. The number of hydrogen-bond acceptors (Lipinski definition) is 5. The molecule has 19 heavy (non-hydrogen) atoms. The molecule has 98 valence electrons. The smallest absolute Gasteiger partial charge is 0.334 e. The van der Waals surface area contributed by atoms with Gasteiger partial charge in [0.2, 0.25) is 0 Å². The third-order valence-corrected chi connectivity index (χ3v) is 4.40. The zero-order valence-electron chi connectivity index (χ0n) is 10.6. The highest BCUT2D eigenvalue weighted by molar-refractivity contribution is 6.03. The maximum atomic E-state index is 11.9. The lowest BCUT2D eigenvalue weighted by Crippen LogP contribution is -2.33. The van der Waals surface area contributed by atoms with Gasteiger partial charge in [0.1, 0.15) is 0 Å². The van der Waals surface area contributed by atoms with E-state index in [0.717, 1.165) is 0 Å². The number of methoxy groups -OCH3 is 2. The number of rotatable bonds is 2. The Hall–Kier alpha value is -2.09. The lowest BCUT2D eigenvalue weighted by Gasteiger charge is -2.32. The van der Waals surface area contributed by atoms with Crippen LogP contribution in [0.4, 0.5) is 0 Å². The van der Waals surface area contributed by atoms with Crippen molar-refractivity contribution in [2.45, 2.75) is 0 Å². The minimum Gasteiger partial charge on any atom is -0.466 e. The zero-order valence-corrected chi connectivity index (χ0v) is 10.6. The Morgan fingerprint density at radius 2 is 1.47 bits per heavy atom. The van der Waals surface area contributed by atoms with E-state index < -0.39 is 11.9 Å². The molecule has 0 amide bonds. The van der Waals surface area contributed by atoms with E-state index in [1.807, 2.05) is 12.2 Å². The van der Waals surface area contributed by atoms with Crippen molar-refractivity contribution in [1.82, 2.24) is 0 Å². The average Bonchev–Trinajstić information content (AvgIpc) is 3.21.